The molecule has 2 saturated heterocycles. The molecular formula is C18H28N2O9. The van der Waals surface area contributed by atoms with Crippen LogP contribution >= 0.6 is 0 Å². The SMILES string of the molecule is C[C@@H]1O[C@@H](OCCNC(=O)CCCCC(=O)ON2C(=O)CCC2=O)[C@@H](O)C[C@@H]1O. The van der Waals surface area contributed by atoms with Crippen molar-refractivity contribution in [1.82, 2.24) is 10.4 Å². The number of carbonyl (C=O) groups is 4. The molecule has 0 spiro atoms. The Balaban J connectivity index is 1.50. The summed E-state index contributed by atoms with van der Waals surface area (Å²) in [5.74, 6) is -1.96. The molecule has 0 aromatic carbocycles. The number of ether oxygens (including phenoxy) is 2. The first-order valence-electron chi connectivity index (χ1n) is 9.74. The number of hydroxylamine groups is 2. The summed E-state index contributed by atoms with van der Waals surface area (Å²) < 4.78 is 10.7. The summed E-state index contributed by atoms with van der Waals surface area (Å²) in [5, 5.41) is 22.5. The van der Waals surface area contributed by atoms with E-state index in [1.807, 2.05) is 0 Å². The van der Waals surface area contributed by atoms with E-state index in [4.69, 9.17) is 14.3 Å². The average Bonchev–Trinajstić information content (AvgIpc) is 2.98. The monoisotopic (exact) mass is 416 g/mol. The highest BCUT2D eigenvalue weighted by molar-refractivity contribution is 6.01. The number of amides is 3. The first kappa shape index (κ1) is 23.2. The highest BCUT2D eigenvalue weighted by atomic mass is 16.7. The average molecular weight is 416 g/mol. The summed E-state index contributed by atoms with van der Waals surface area (Å²) in [5.41, 5.74) is 0. The van der Waals surface area contributed by atoms with Gasteiger partial charge in [0.15, 0.2) is 6.29 Å². The Hall–Kier alpha value is -2.08. The maximum atomic E-state index is 11.8. The molecule has 0 aromatic heterocycles. The van der Waals surface area contributed by atoms with Gasteiger partial charge in [0, 0.05) is 38.6 Å². The molecule has 29 heavy (non-hydrogen) atoms. The smallest absolute Gasteiger partial charge is 0.333 e. The maximum Gasteiger partial charge on any atom is 0.333 e. The Morgan fingerprint density at radius 1 is 1.14 bits per heavy atom. The van der Waals surface area contributed by atoms with Crippen molar-refractivity contribution in [1.29, 1.82) is 0 Å². The van der Waals surface area contributed by atoms with Crippen LogP contribution in [0, 0.1) is 0 Å². The predicted octanol–water partition coefficient (Wildman–Crippen LogP) is -0.856. The number of imide groups is 1. The molecule has 0 saturated carbocycles. The van der Waals surface area contributed by atoms with Crippen LogP contribution in [-0.4, -0.2) is 76.7 Å². The molecule has 2 aliphatic rings. The van der Waals surface area contributed by atoms with Crippen molar-refractivity contribution >= 4 is 23.7 Å². The summed E-state index contributed by atoms with van der Waals surface area (Å²) in [6, 6.07) is 0. The molecule has 11 heteroatoms. The van der Waals surface area contributed by atoms with Gasteiger partial charge in [0.2, 0.25) is 5.91 Å². The summed E-state index contributed by atoms with van der Waals surface area (Å²) in [4.78, 5) is 50.8. The van der Waals surface area contributed by atoms with Gasteiger partial charge in [-0.25, -0.2) is 4.79 Å². The molecule has 0 aliphatic carbocycles. The highest BCUT2D eigenvalue weighted by Gasteiger charge is 2.34. The number of carbonyl (C=O) groups excluding carboxylic acids is 4. The zero-order valence-corrected chi connectivity index (χ0v) is 16.4. The van der Waals surface area contributed by atoms with Crippen LogP contribution in [0.2, 0.25) is 0 Å². The van der Waals surface area contributed by atoms with Crippen LogP contribution in [0.4, 0.5) is 0 Å². The maximum absolute atomic E-state index is 11.8. The molecule has 4 atom stereocenters. The molecule has 0 bridgehead atoms. The summed E-state index contributed by atoms with van der Waals surface area (Å²) in [6.45, 7) is 2.05. The highest BCUT2D eigenvalue weighted by Crippen LogP contribution is 2.20. The summed E-state index contributed by atoms with van der Waals surface area (Å²) >= 11 is 0. The summed E-state index contributed by atoms with van der Waals surface area (Å²) in [6.07, 6.45) is -1.69. The van der Waals surface area contributed by atoms with Gasteiger partial charge in [-0.1, -0.05) is 0 Å². The van der Waals surface area contributed by atoms with E-state index in [0.29, 0.717) is 17.9 Å². The lowest BCUT2D eigenvalue weighted by Gasteiger charge is -2.35. The molecule has 11 nitrogen and oxygen atoms in total. The lowest BCUT2D eigenvalue weighted by atomic mass is 10.0. The van der Waals surface area contributed by atoms with E-state index < -0.39 is 42.4 Å². The van der Waals surface area contributed by atoms with Crippen LogP contribution < -0.4 is 5.32 Å². The first-order chi connectivity index (χ1) is 13.8. The normalized spacial score (nSPS) is 27.2. The molecular weight excluding hydrogens is 388 g/mol. The van der Waals surface area contributed by atoms with Crippen molar-refractivity contribution < 1.29 is 43.7 Å². The van der Waals surface area contributed by atoms with Crippen LogP contribution in [0.3, 0.4) is 0 Å². The Bertz CT molecular complexity index is 596. The van der Waals surface area contributed by atoms with Gasteiger partial charge in [-0.2, -0.15) is 0 Å². The van der Waals surface area contributed by atoms with Crippen molar-refractivity contribution in [3.8, 4) is 0 Å². The van der Waals surface area contributed by atoms with Gasteiger partial charge in [0.05, 0.1) is 18.8 Å². The third-order valence-corrected chi connectivity index (χ3v) is 4.63. The molecule has 2 rings (SSSR count). The fourth-order valence-corrected chi connectivity index (χ4v) is 2.91. The molecule has 2 aliphatic heterocycles. The number of nitrogens with one attached hydrogen (secondary N) is 1. The summed E-state index contributed by atoms with van der Waals surface area (Å²) in [7, 11) is 0. The van der Waals surface area contributed by atoms with E-state index in [1.54, 1.807) is 6.92 Å². The van der Waals surface area contributed by atoms with Gasteiger partial charge in [-0.05, 0) is 19.8 Å². The Morgan fingerprint density at radius 3 is 2.48 bits per heavy atom. The number of nitrogens with zero attached hydrogens (tertiary/aromatic N) is 1. The lowest BCUT2D eigenvalue weighted by Crippen LogP contribution is -2.47. The fraction of sp³-hybridized carbons (Fsp3) is 0.778. The van der Waals surface area contributed by atoms with E-state index in [0.717, 1.165) is 0 Å². The fourth-order valence-electron chi connectivity index (χ4n) is 2.91. The Labute approximate surface area is 168 Å². The van der Waals surface area contributed by atoms with Gasteiger partial charge in [0.25, 0.3) is 11.8 Å². The lowest BCUT2D eigenvalue weighted by molar-refractivity contribution is -0.260. The van der Waals surface area contributed by atoms with Gasteiger partial charge in [-0.3, -0.25) is 14.4 Å². The molecule has 0 radical (unpaired) electrons. The quantitative estimate of drug-likeness (QED) is 0.305. The standard InChI is InChI=1S/C18H28N2O9/c1-11-12(21)10-13(22)18(28-11)27-9-8-19-14(23)4-2-3-5-17(26)29-20-15(24)6-7-16(20)25/h11-13,18,21-22H,2-10H2,1H3,(H,19,23)/t11-,12-,13-,18+/m0/s1. The van der Waals surface area contributed by atoms with Crippen molar-refractivity contribution in [2.75, 3.05) is 13.2 Å². The van der Waals surface area contributed by atoms with E-state index in [2.05, 4.69) is 5.32 Å². The Morgan fingerprint density at radius 2 is 1.79 bits per heavy atom. The van der Waals surface area contributed by atoms with Crippen LogP contribution in [0.15, 0.2) is 0 Å². The van der Waals surface area contributed by atoms with Crippen LogP contribution in [0.1, 0.15) is 51.9 Å². The van der Waals surface area contributed by atoms with E-state index >= 15 is 0 Å². The van der Waals surface area contributed by atoms with Crippen molar-refractivity contribution in [3.63, 3.8) is 0 Å². The van der Waals surface area contributed by atoms with Crippen LogP contribution in [0.5, 0.6) is 0 Å². The zero-order chi connectivity index (χ0) is 21.4. The third-order valence-electron chi connectivity index (χ3n) is 4.63. The number of aliphatic hydroxyl groups is 2. The van der Waals surface area contributed by atoms with Gasteiger partial charge < -0.3 is 29.8 Å². The number of aliphatic hydroxyl groups excluding tert-OH is 2. The topological polar surface area (TPSA) is 152 Å². The van der Waals surface area contributed by atoms with Gasteiger partial charge >= 0.3 is 5.97 Å². The van der Waals surface area contributed by atoms with Crippen LogP contribution in [-0.2, 0) is 33.5 Å². The minimum absolute atomic E-state index is 0.00556. The Kier molecular flexibility index (Phi) is 8.96. The van der Waals surface area contributed by atoms with E-state index in [1.165, 1.54) is 0 Å². The largest absolute Gasteiger partial charge is 0.390 e. The predicted molar refractivity (Wildman–Crippen MR) is 95.6 cm³/mol. The molecule has 2 heterocycles. The second kappa shape index (κ2) is 11.2. The van der Waals surface area contributed by atoms with Crippen molar-refractivity contribution in [2.24, 2.45) is 0 Å². The minimum Gasteiger partial charge on any atom is -0.390 e. The number of hydrogen-bond acceptors (Lipinski definition) is 9. The minimum atomic E-state index is -0.928. The zero-order valence-electron chi connectivity index (χ0n) is 16.4. The van der Waals surface area contributed by atoms with E-state index in [-0.39, 0.29) is 51.2 Å². The molecule has 3 N–H and O–H groups in total. The first-order valence-corrected chi connectivity index (χ1v) is 9.74. The van der Waals surface area contributed by atoms with Gasteiger partial charge in [-0.15, -0.1) is 5.06 Å². The number of rotatable bonds is 10. The second-order valence-corrected chi connectivity index (χ2v) is 7.05. The second-order valence-electron chi connectivity index (χ2n) is 7.05. The van der Waals surface area contributed by atoms with E-state index in [9.17, 15) is 29.4 Å². The third kappa shape index (κ3) is 7.35. The number of hydrogen-bond donors (Lipinski definition) is 3. The van der Waals surface area contributed by atoms with Crippen molar-refractivity contribution in [3.05, 3.63) is 0 Å². The molecule has 3 amide bonds. The van der Waals surface area contributed by atoms with Crippen LogP contribution in [0.25, 0.3) is 0 Å². The molecule has 0 aromatic rings. The van der Waals surface area contributed by atoms with Gasteiger partial charge in [0.1, 0.15) is 6.10 Å². The molecule has 164 valence electrons. The molecule has 0 unspecified atom stereocenters. The molecule has 2 fully saturated rings. The van der Waals surface area contributed by atoms with Crippen molar-refractivity contribution in [2.45, 2.75) is 76.5 Å². The number of unbranched alkanes of at least 4 members (excludes halogenated alkanes) is 1.